The van der Waals surface area contributed by atoms with E-state index in [-0.39, 0.29) is 5.91 Å². The molecule has 0 saturated carbocycles. The molecule has 1 amide bonds. The second-order valence-corrected chi connectivity index (χ2v) is 8.59. The molecule has 0 atom stereocenters. The zero-order chi connectivity index (χ0) is 22.8. The van der Waals surface area contributed by atoms with Crippen LogP contribution in [0.2, 0.25) is 5.02 Å². The summed E-state index contributed by atoms with van der Waals surface area (Å²) in [4.78, 5) is 22.6. The van der Waals surface area contributed by atoms with Gasteiger partial charge in [-0.15, -0.1) is 11.3 Å². The van der Waals surface area contributed by atoms with Gasteiger partial charge < -0.3 is 4.74 Å². The Morgan fingerprint density at radius 3 is 2.36 bits per heavy atom. The van der Waals surface area contributed by atoms with Crippen LogP contribution in [0, 0.1) is 0 Å². The predicted octanol–water partition coefficient (Wildman–Crippen LogP) is 6.94. The van der Waals surface area contributed by atoms with Crippen LogP contribution in [-0.4, -0.2) is 23.0 Å². The molecule has 0 spiro atoms. The number of hydrogen-bond donors (Lipinski definition) is 1. The first-order valence-electron chi connectivity index (χ1n) is 10.2. The Kier molecular flexibility index (Phi) is 5.77. The van der Waals surface area contributed by atoms with E-state index in [1.54, 1.807) is 7.11 Å². The number of para-hydroxylation sites is 1. The topological polar surface area (TPSA) is 64.1 Å². The first-order chi connectivity index (χ1) is 16.1. The standard InChI is InChI=1S/C26H18ClN3O2S/c1-32-19-12-8-16(9-13-19)23-14-21(20-4-2-3-5-22(20)28-23)25(31)30-26-29-24(15-33-26)17-6-10-18(27)11-7-17/h2-15H,1H3,(H,29,30,31). The molecule has 1 N–H and O–H groups in total. The summed E-state index contributed by atoms with van der Waals surface area (Å²) < 4.78 is 5.25. The summed E-state index contributed by atoms with van der Waals surface area (Å²) in [7, 11) is 1.63. The van der Waals surface area contributed by atoms with E-state index in [9.17, 15) is 4.79 Å². The molecule has 0 aliphatic carbocycles. The van der Waals surface area contributed by atoms with Crippen molar-refractivity contribution >= 4 is 44.9 Å². The highest BCUT2D eigenvalue weighted by atomic mass is 35.5. The second-order valence-electron chi connectivity index (χ2n) is 7.30. The van der Waals surface area contributed by atoms with Crippen LogP contribution in [0.15, 0.2) is 84.2 Å². The van der Waals surface area contributed by atoms with E-state index in [2.05, 4.69) is 10.3 Å². The summed E-state index contributed by atoms with van der Waals surface area (Å²) in [6.07, 6.45) is 0. The molecule has 162 valence electrons. The maximum absolute atomic E-state index is 13.3. The number of carbonyl (C=O) groups excluding carboxylic acids is 1. The van der Waals surface area contributed by atoms with Crippen LogP contribution in [0.1, 0.15) is 10.4 Å². The average molecular weight is 472 g/mol. The number of carbonyl (C=O) groups is 1. The largest absolute Gasteiger partial charge is 0.497 e. The summed E-state index contributed by atoms with van der Waals surface area (Å²) in [5.74, 6) is 0.526. The van der Waals surface area contributed by atoms with Crippen LogP contribution < -0.4 is 10.1 Å². The molecule has 2 aromatic heterocycles. The van der Waals surface area contributed by atoms with Gasteiger partial charge in [0.2, 0.25) is 0 Å². The van der Waals surface area contributed by atoms with Gasteiger partial charge in [-0.25, -0.2) is 9.97 Å². The maximum atomic E-state index is 13.3. The number of fused-ring (bicyclic) bond motifs is 1. The number of ether oxygens (including phenoxy) is 1. The molecular weight excluding hydrogens is 454 g/mol. The number of benzene rings is 3. The Labute approximate surface area is 199 Å². The minimum atomic E-state index is -0.236. The van der Waals surface area contributed by atoms with Crippen molar-refractivity contribution in [2.75, 3.05) is 12.4 Å². The summed E-state index contributed by atoms with van der Waals surface area (Å²) in [6, 6.07) is 24.5. The van der Waals surface area contributed by atoms with Crippen molar-refractivity contribution in [1.82, 2.24) is 9.97 Å². The number of anilines is 1. The lowest BCUT2D eigenvalue weighted by Gasteiger charge is -2.10. The minimum absolute atomic E-state index is 0.236. The highest BCUT2D eigenvalue weighted by molar-refractivity contribution is 7.14. The molecule has 0 bridgehead atoms. The smallest absolute Gasteiger partial charge is 0.258 e. The molecule has 0 aliphatic heterocycles. The number of nitrogens with zero attached hydrogens (tertiary/aromatic N) is 2. The van der Waals surface area contributed by atoms with Crippen molar-refractivity contribution < 1.29 is 9.53 Å². The number of methoxy groups -OCH3 is 1. The van der Waals surface area contributed by atoms with E-state index >= 15 is 0 Å². The van der Waals surface area contributed by atoms with Crippen LogP contribution >= 0.6 is 22.9 Å². The third-order valence-corrected chi connectivity index (χ3v) is 6.22. The zero-order valence-corrected chi connectivity index (χ0v) is 19.2. The molecule has 7 heteroatoms. The summed E-state index contributed by atoms with van der Waals surface area (Å²) >= 11 is 7.35. The van der Waals surface area contributed by atoms with Crippen LogP contribution in [0.5, 0.6) is 5.75 Å². The van der Waals surface area contributed by atoms with Crippen LogP contribution in [-0.2, 0) is 0 Å². The summed E-state index contributed by atoms with van der Waals surface area (Å²) in [5, 5.41) is 6.82. The zero-order valence-electron chi connectivity index (χ0n) is 17.6. The Morgan fingerprint density at radius 1 is 0.909 bits per heavy atom. The average Bonchev–Trinajstić information content (AvgIpc) is 3.32. The Balaban J connectivity index is 1.48. The van der Waals surface area contributed by atoms with Crippen molar-refractivity contribution in [3.63, 3.8) is 0 Å². The SMILES string of the molecule is COc1ccc(-c2cc(C(=O)Nc3nc(-c4ccc(Cl)cc4)cs3)c3ccccc3n2)cc1. The number of pyridine rings is 1. The fraction of sp³-hybridized carbons (Fsp3) is 0.0385. The minimum Gasteiger partial charge on any atom is -0.497 e. The molecule has 5 rings (SSSR count). The Hall–Kier alpha value is -3.74. The van der Waals surface area contributed by atoms with Gasteiger partial charge in [0.1, 0.15) is 5.75 Å². The quantitative estimate of drug-likeness (QED) is 0.301. The molecule has 0 fully saturated rings. The number of aromatic nitrogens is 2. The van der Waals surface area contributed by atoms with Crippen molar-refractivity contribution in [1.29, 1.82) is 0 Å². The van der Waals surface area contributed by atoms with E-state index in [0.29, 0.717) is 21.4 Å². The van der Waals surface area contributed by atoms with Crippen LogP contribution in [0.4, 0.5) is 5.13 Å². The highest BCUT2D eigenvalue weighted by Gasteiger charge is 2.16. The highest BCUT2D eigenvalue weighted by Crippen LogP contribution is 2.29. The van der Waals surface area contributed by atoms with Gasteiger partial charge in [0.25, 0.3) is 5.91 Å². The monoisotopic (exact) mass is 471 g/mol. The van der Waals surface area contributed by atoms with E-state index < -0.39 is 0 Å². The molecule has 0 aliphatic rings. The van der Waals surface area contributed by atoms with Crippen LogP contribution in [0.25, 0.3) is 33.4 Å². The van der Waals surface area contributed by atoms with E-state index in [1.807, 2.05) is 84.2 Å². The van der Waals surface area contributed by atoms with Crippen molar-refractivity contribution in [3.8, 4) is 28.3 Å². The maximum Gasteiger partial charge on any atom is 0.258 e. The van der Waals surface area contributed by atoms with Gasteiger partial charge in [0, 0.05) is 26.9 Å². The lowest BCUT2D eigenvalue weighted by Crippen LogP contribution is -2.13. The Bertz CT molecular complexity index is 1450. The first kappa shape index (κ1) is 21.1. The molecule has 0 radical (unpaired) electrons. The fourth-order valence-corrected chi connectivity index (χ4v) is 4.36. The number of thiazole rings is 1. The number of amides is 1. The molecule has 0 unspecified atom stereocenters. The van der Waals surface area contributed by atoms with Crippen molar-refractivity contribution in [2.45, 2.75) is 0 Å². The van der Waals surface area contributed by atoms with Gasteiger partial charge in [0.05, 0.1) is 29.6 Å². The lowest BCUT2D eigenvalue weighted by atomic mass is 10.0. The summed E-state index contributed by atoms with van der Waals surface area (Å²) in [5.41, 5.74) is 4.61. The molecule has 2 heterocycles. The van der Waals surface area contributed by atoms with Gasteiger partial charge in [0.15, 0.2) is 5.13 Å². The third kappa shape index (κ3) is 4.44. The third-order valence-electron chi connectivity index (χ3n) is 5.21. The molecule has 3 aromatic carbocycles. The van der Waals surface area contributed by atoms with Gasteiger partial charge in [-0.1, -0.05) is 41.9 Å². The Morgan fingerprint density at radius 2 is 1.61 bits per heavy atom. The molecule has 5 nitrogen and oxygen atoms in total. The normalized spacial score (nSPS) is 10.8. The summed E-state index contributed by atoms with van der Waals surface area (Å²) in [6.45, 7) is 0. The second kappa shape index (κ2) is 9.02. The molecular formula is C26H18ClN3O2S. The van der Waals surface area contributed by atoms with Crippen molar-refractivity contribution in [3.05, 3.63) is 94.8 Å². The molecule has 0 saturated heterocycles. The lowest BCUT2D eigenvalue weighted by molar-refractivity contribution is 0.102. The molecule has 5 aromatic rings. The van der Waals surface area contributed by atoms with Gasteiger partial charge in [-0.05, 0) is 48.5 Å². The van der Waals surface area contributed by atoms with E-state index in [0.717, 1.165) is 33.5 Å². The number of halogens is 1. The van der Waals surface area contributed by atoms with Gasteiger partial charge in [-0.2, -0.15) is 0 Å². The first-order valence-corrected chi connectivity index (χ1v) is 11.4. The molecule has 33 heavy (non-hydrogen) atoms. The predicted molar refractivity (Wildman–Crippen MR) is 134 cm³/mol. The fourth-order valence-electron chi connectivity index (χ4n) is 3.52. The van der Waals surface area contributed by atoms with Crippen molar-refractivity contribution in [2.24, 2.45) is 0 Å². The number of rotatable bonds is 5. The van der Waals surface area contributed by atoms with Gasteiger partial charge in [-0.3, -0.25) is 10.1 Å². The number of hydrogen-bond acceptors (Lipinski definition) is 5. The van der Waals surface area contributed by atoms with Gasteiger partial charge >= 0.3 is 0 Å². The van der Waals surface area contributed by atoms with Crippen LogP contribution in [0.3, 0.4) is 0 Å². The number of nitrogens with one attached hydrogen (secondary N) is 1. The van der Waals surface area contributed by atoms with E-state index in [1.165, 1.54) is 11.3 Å². The van der Waals surface area contributed by atoms with E-state index in [4.69, 9.17) is 21.3 Å².